The highest BCUT2D eigenvalue weighted by atomic mass is 35.5. The number of halogens is 1. The van der Waals surface area contributed by atoms with Gasteiger partial charge in [-0.15, -0.1) is 0 Å². The molecule has 138 valence electrons. The van der Waals surface area contributed by atoms with Crippen LogP contribution in [0.3, 0.4) is 0 Å². The molecule has 7 heteroatoms. The number of benzene rings is 1. The third-order valence-corrected chi connectivity index (χ3v) is 4.45. The molecule has 1 amide bonds. The number of nitrogens with one attached hydrogen (secondary N) is 1. The summed E-state index contributed by atoms with van der Waals surface area (Å²) in [6, 6.07) is 8.72. The average molecular weight is 375 g/mol. The lowest BCUT2D eigenvalue weighted by molar-refractivity contribution is -0.118. The largest absolute Gasteiger partial charge is 0.467 e. The van der Waals surface area contributed by atoms with Crippen molar-refractivity contribution in [3.63, 3.8) is 0 Å². The topological polar surface area (TPSA) is 67.3 Å². The molecule has 0 radical (unpaired) electrons. The van der Waals surface area contributed by atoms with E-state index in [0.717, 1.165) is 25.2 Å². The quantitative estimate of drug-likeness (QED) is 0.864. The zero-order valence-corrected chi connectivity index (χ0v) is 15.8. The summed E-state index contributed by atoms with van der Waals surface area (Å²) >= 11 is 5.92. The summed E-state index contributed by atoms with van der Waals surface area (Å²) in [5.41, 5.74) is 1.45. The molecule has 1 aromatic carbocycles. The van der Waals surface area contributed by atoms with Crippen LogP contribution >= 0.6 is 11.6 Å². The SMILES string of the molecule is Cc1cc(OCC(=O)Nc2cccc(Cl)c2)nc(N2CCC[C@@H](C)C2)n1. The first kappa shape index (κ1) is 18.5. The highest BCUT2D eigenvalue weighted by molar-refractivity contribution is 6.30. The van der Waals surface area contributed by atoms with E-state index < -0.39 is 0 Å². The average Bonchev–Trinajstić information content (AvgIpc) is 2.59. The molecule has 3 rings (SSSR count). The number of carbonyl (C=O) groups excluding carboxylic acids is 1. The van der Waals surface area contributed by atoms with Gasteiger partial charge in [0, 0.05) is 35.6 Å². The molecule has 1 saturated heterocycles. The third-order valence-electron chi connectivity index (χ3n) is 4.22. The van der Waals surface area contributed by atoms with Crippen molar-refractivity contribution in [2.24, 2.45) is 5.92 Å². The van der Waals surface area contributed by atoms with E-state index in [1.54, 1.807) is 30.3 Å². The smallest absolute Gasteiger partial charge is 0.262 e. The fourth-order valence-electron chi connectivity index (χ4n) is 3.01. The Balaban J connectivity index is 1.61. The lowest BCUT2D eigenvalue weighted by Gasteiger charge is -2.31. The number of rotatable bonds is 5. The summed E-state index contributed by atoms with van der Waals surface area (Å²) in [6.45, 7) is 5.90. The molecule has 0 saturated carbocycles. The number of hydrogen-bond acceptors (Lipinski definition) is 5. The van der Waals surface area contributed by atoms with Gasteiger partial charge in [-0.2, -0.15) is 4.98 Å². The van der Waals surface area contributed by atoms with Crippen molar-refractivity contribution >= 4 is 29.1 Å². The standard InChI is InChI=1S/C19H23ClN4O2/c1-13-5-4-8-24(11-13)19-21-14(2)9-18(23-19)26-12-17(25)22-16-7-3-6-15(20)10-16/h3,6-7,9-10,13H,4-5,8,11-12H2,1-2H3,(H,22,25)/t13-/m1/s1. The van der Waals surface area contributed by atoms with Gasteiger partial charge in [0.05, 0.1) is 0 Å². The number of anilines is 2. The van der Waals surface area contributed by atoms with Crippen molar-refractivity contribution < 1.29 is 9.53 Å². The van der Waals surface area contributed by atoms with Gasteiger partial charge in [0.15, 0.2) is 6.61 Å². The molecule has 2 aromatic rings. The van der Waals surface area contributed by atoms with E-state index in [-0.39, 0.29) is 12.5 Å². The first-order valence-corrected chi connectivity index (χ1v) is 9.16. The van der Waals surface area contributed by atoms with Crippen LogP contribution in [0.5, 0.6) is 5.88 Å². The van der Waals surface area contributed by atoms with E-state index >= 15 is 0 Å². The van der Waals surface area contributed by atoms with E-state index in [1.165, 1.54) is 6.42 Å². The molecule has 26 heavy (non-hydrogen) atoms. The van der Waals surface area contributed by atoms with Crippen molar-refractivity contribution in [3.8, 4) is 5.88 Å². The Morgan fingerprint density at radius 2 is 2.23 bits per heavy atom. The molecule has 0 spiro atoms. The molecule has 1 N–H and O–H groups in total. The van der Waals surface area contributed by atoms with Crippen molar-refractivity contribution in [2.75, 3.05) is 29.9 Å². The van der Waals surface area contributed by atoms with Crippen molar-refractivity contribution in [1.29, 1.82) is 0 Å². The highest BCUT2D eigenvalue weighted by Gasteiger charge is 2.19. The van der Waals surface area contributed by atoms with E-state index in [9.17, 15) is 4.79 Å². The summed E-state index contributed by atoms with van der Waals surface area (Å²) in [6.07, 6.45) is 2.37. The fourth-order valence-corrected chi connectivity index (χ4v) is 3.20. The molecule has 6 nitrogen and oxygen atoms in total. The maximum absolute atomic E-state index is 12.1. The van der Waals surface area contributed by atoms with Gasteiger partial charge in [-0.1, -0.05) is 24.6 Å². The van der Waals surface area contributed by atoms with Crippen LogP contribution < -0.4 is 15.0 Å². The van der Waals surface area contributed by atoms with Gasteiger partial charge in [-0.25, -0.2) is 4.98 Å². The van der Waals surface area contributed by atoms with E-state index in [2.05, 4.69) is 27.1 Å². The predicted octanol–water partition coefficient (Wildman–Crippen LogP) is 3.69. The second-order valence-corrected chi connectivity index (χ2v) is 7.12. The number of aryl methyl sites for hydroxylation is 1. The lowest BCUT2D eigenvalue weighted by Crippen LogP contribution is -2.35. The molecule has 1 atom stereocenters. The number of carbonyl (C=O) groups is 1. The zero-order chi connectivity index (χ0) is 18.5. The van der Waals surface area contributed by atoms with Gasteiger partial charge in [0.1, 0.15) is 0 Å². The van der Waals surface area contributed by atoms with E-state index in [1.807, 2.05) is 6.92 Å². The summed E-state index contributed by atoms with van der Waals surface area (Å²) in [7, 11) is 0. The Hall–Kier alpha value is -2.34. The second-order valence-electron chi connectivity index (χ2n) is 6.69. The molecule has 1 fully saturated rings. The minimum Gasteiger partial charge on any atom is -0.467 e. The minimum absolute atomic E-state index is 0.126. The van der Waals surface area contributed by atoms with Crippen molar-refractivity contribution in [3.05, 3.63) is 41.0 Å². The predicted molar refractivity (Wildman–Crippen MR) is 103 cm³/mol. The highest BCUT2D eigenvalue weighted by Crippen LogP contribution is 2.22. The Morgan fingerprint density at radius 3 is 3.00 bits per heavy atom. The Labute approximate surface area is 158 Å². The number of aromatic nitrogens is 2. The maximum atomic E-state index is 12.1. The molecule has 1 aliphatic rings. The third kappa shape index (κ3) is 5.08. The van der Waals surface area contributed by atoms with Gasteiger partial charge in [-0.3, -0.25) is 4.79 Å². The van der Waals surface area contributed by atoms with Gasteiger partial charge >= 0.3 is 0 Å². The normalized spacial score (nSPS) is 17.0. The number of hydrogen-bond donors (Lipinski definition) is 1. The molecule has 1 aromatic heterocycles. The maximum Gasteiger partial charge on any atom is 0.262 e. The summed E-state index contributed by atoms with van der Waals surface area (Å²) in [5, 5.41) is 3.31. The fraction of sp³-hybridized carbons (Fsp3) is 0.421. The van der Waals surface area contributed by atoms with Crippen molar-refractivity contribution in [1.82, 2.24) is 9.97 Å². The molecule has 0 aliphatic carbocycles. The van der Waals surface area contributed by atoms with E-state index in [0.29, 0.717) is 28.5 Å². The van der Waals surface area contributed by atoms with E-state index in [4.69, 9.17) is 16.3 Å². The van der Waals surface area contributed by atoms with Crippen LogP contribution in [0, 0.1) is 12.8 Å². The van der Waals surface area contributed by atoms with Crippen molar-refractivity contribution in [2.45, 2.75) is 26.7 Å². The summed E-state index contributed by atoms with van der Waals surface area (Å²) in [5.74, 6) is 1.44. The van der Waals surface area contributed by atoms with Crippen LogP contribution in [-0.4, -0.2) is 35.6 Å². The Kier molecular flexibility index (Phi) is 5.93. The molecule has 1 aliphatic heterocycles. The first-order chi connectivity index (χ1) is 12.5. The van der Waals surface area contributed by atoms with Crippen LogP contribution in [0.15, 0.2) is 30.3 Å². The molecule has 0 bridgehead atoms. The van der Waals surface area contributed by atoms with Crippen LogP contribution in [0.1, 0.15) is 25.5 Å². The summed E-state index contributed by atoms with van der Waals surface area (Å²) < 4.78 is 5.59. The Bertz CT molecular complexity index is 784. The van der Waals surface area contributed by atoms with Crippen LogP contribution in [0.4, 0.5) is 11.6 Å². The summed E-state index contributed by atoms with van der Waals surface area (Å²) in [4.78, 5) is 23.3. The van der Waals surface area contributed by atoms with Gasteiger partial charge in [-0.05, 0) is 43.9 Å². The second kappa shape index (κ2) is 8.36. The van der Waals surface area contributed by atoms with Gasteiger partial charge < -0.3 is 15.0 Å². The lowest BCUT2D eigenvalue weighted by atomic mass is 10.0. The zero-order valence-electron chi connectivity index (χ0n) is 15.0. The molecule has 0 unspecified atom stereocenters. The minimum atomic E-state index is -0.267. The number of amides is 1. The van der Waals surface area contributed by atoms with Gasteiger partial charge in [0.2, 0.25) is 11.8 Å². The molecule has 2 heterocycles. The Morgan fingerprint density at radius 1 is 1.38 bits per heavy atom. The number of ether oxygens (including phenoxy) is 1. The molecular formula is C19H23ClN4O2. The number of piperidine rings is 1. The number of nitrogens with zero attached hydrogens (tertiary/aromatic N) is 3. The monoisotopic (exact) mass is 374 g/mol. The van der Waals surface area contributed by atoms with Crippen LogP contribution in [0.25, 0.3) is 0 Å². The first-order valence-electron chi connectivity index (χ1n) is 8.78. The van der Waals surface area contributed by atoms with Gasteiger partial charge in [0.25, 0.3) is 5.91 Å². The van der Waals surface area contributed by atoms with Crippen LogP contribution in [0.2, 0.25) is 5.02 Å². The molecular weight excluding hydrogens is 352 g/mol. The van der Waals surface area contributed by atoms with Crippen LogP contribution in [-0.2, 0) is 4.79 Å².